The summed E-state index contributed by atoms with van der Waals surface area (Å²) in [4.78, 5) is 28.2. The molecule has 1 aromatic carbocycles. The van der Waals surface area contributed by atoms with Crippen LogP contribution in [0.3, 0.4) is 0 Å². The minimum absolute atomic E-state index is 0.106. The maximum absolute atomic E-state index is 13.3. The summed E-state index contributed by atoms with van der Waals surface area (Å²) >= 11 is 0. The first-order valence-corrected chi connectivity index (χ1v) is 7.55. The third-order valence-corrected chi connectivity index (χ3v) is 3.90. The zero-order chi connectivity index (χ0) is 16.5. The van der Waals surface area contributed by atoms with E-state index in [9.17, 15) is 14.0 Å². The Bertz CT molecular complexity index is 585. The van der Waals surface area contributed by atoms with Crippen molar-refractivity contribution in [3.63, 3.8) is 0 Å². The summed E-state index contributed by atoms with van der Waals surface area (Å²) in [5, 5.41) is 0. The maximum Gasteiger partial charge on any atom is 0.253 e. The molecule has 0 aliphatic carbocycles. The van der Waals surface area contributed by atoms with E-state index in [-0.39, 0.29) is 17.6 Å². The van der Waals surface area contributed by atoms with E-state index in [4.69, 9.17) is 0 Å². The SMILES string of the molecule is Cc1cc(C(=O)N2CCN(C(=O)C(C)(C)C)CC2)ccc1F. The van der Waals surface area contributed by atoms with Gasteiger partial charge in [0.1, 0.15) is 5.82 Å². The first kappa shape index (κ1) is 16.5. The molecule has 0 atom stereocenters. The number of nitrogens with zero attached hydrogens (tertiary/aromatic N) is 2. The van der Waals surface area contributed by atoms with Gasteiger partial charge in [-0.1, -0.05) is 20.8 Å². The quantitative estimate of drug-likeness (QED) is 0.800. The Morgan fingerprint density at radius 3 is 2.09 bits per heavy atom. The Labute approximate surface area is 130 Å². The molecule has 4 nitrogen and oxygen atoms in total. The molecular formula is C17H23FN2O2. The van der Waals surface area contributed by atoms with E-state index in [1.165, 1.54) is 12.1 Å². The van der Waals surface area contributed by atoms with Crippen LogP contribution in [0.15, 0.2) is 18.2 Å². The van der Waals surface area contributed by atoms with Crippen molar-refractivity contribution < 1.29 is 14.0 Å². The molecule has 0 spiro atoms. The van der Waals surface area contributed by atoms with E-state index in [0.717, 1.165) is 0 Å². The van der Waals surface area contributed by atoms with Gasteiger partial charge in [-0.2, -0.15) is 0 Å². The largest absolute Gasteiger partial charge is 0.339 e. The fraction of sp³-hybridized carbons (Fsp3) is 0.529. The maximum atomic E-state index is 13.3. The lowest BCUT2D eigenvalue weighted by Crippen LogP contribution is -2.53. The lowest BCUT2D eigenvalue weighted by Gasteiger charge is -2.37. The molecule has 22 heavy (non-hydrogen) atoms. The topological polar surface area (TPSA) is 40.6 Å². The number of carbonyl (C=O) groups is 2. The third-order valence-electron chi connectivity index (χ3n) is 3.90. The van der Waals surface area contributed by atoms with E-state index in [1.807, 2.05) is 20.8 Å². The van der Waals surface area contributed by atoms with Crippen LogP contribution in [0.4, 0.5) is 4.39 Å². The van der Waals surface area contributed by atoms with Crippen LogP contribution in [0.5, 0.6) is 0 Å². The van der Waals surface area contributed by atoms with Crippen molar-refractivity contribution >= 4 is 11.8 Å². The summed E-state index contributed by atoms with van der Waals surface area (Å²) < 4.78 is 13.3. The Morgan fingerprint density at radius 1 is 1.05 bits per heavy atom. The molecule has 0 N–H and O–H groups in total. The van der Waals surface area contributed by atoms with E-state index >= 15 is 0 Å². The van der Waals surface area contributed by atoms with Crippen molar-refractivity contribution in [1.82, 2.24) is 9.80 Å². The van der Waals surface area contributed by atoms with Gasteiger partial charge >= 0.3 is 0 Å². The van der Waals surface area contributed by atoms with Gasteiger partial charge in [-0.15, -0.1) is 0 Å². The predicted molar refractivity (Wildman–Crippen MR) is 83.1 cm³/mol. The van der Waals surface area contributed by atoms with Crippen molar-refractivity contribution in [2.45, 2.75) is 27.7 Å². The zero-order valence-electron chi connectivity index (χ0n) is 13.6. The minimum Gasteiger partial charge on any atom is -0.339 e. The van der Waals surface area contributed by atoms with Crippen LogP contribution in [-0.2, 0) is 4.79 Å². The Kier molecular flexibility index (Phi) is 4.54. The van der Waals surface area contributed by atoms with E-state index < -0.39 is 5.41 Å². The zero-order valence-corrected chi connectivity index (χ0v) is 13.6. The summed E-state index contributed by atoms with van der Waals surface area (Å²) in [5.74, 6) is -0.305. The van der Waals surface area contributed by atoms with Gasteiger partial charge in [0.05, 0.1) is 0 Å². The van der Waals surface area contributed by atoms with Gasteiger partial charge in [0.2, 0.25) is 5.91 Å². The molecule has 1 aliphatic rings. The number of carbonyl (C=O) groups excluding carboxylic acids is 2. The average Bonchev–Trinajstić information content (AvgIpc) is 2.48. The molecule has 1 aromatic rings. The van der Waals surface area contributed by atoms with Gasteiger partial charge in [0, 0.05) is 37.2 Å². The molecular weight excluding hydrogens is 283 g/mol. The van der Waals surface area contributed by atoms with E-state index in [2.05, 4.69) is 0 Å². The highest BCUT2D eigenvalue weighted by Gasteiger charge is 2.31. The lowest BCUT2D eigenvalue weighted by atomic mass is 9.94. The second-order valence-corrected chi connectivity index (χ2v) is 6.80. The number of piperazine rings is 1. The number of benzene rings is 1. The van der Waals surface area contributed by atoms with Crippen molar-refractivity contribution in [1.29, 1.82) is 0 Å². The number of rotatable bonds is 1. The van der Waals surface area contributed by atoms with Crippen LogP contribution in [0.2, 0.25) is 0 Å². The first-order chi connectivity index (χ1) is 10.2. The average molecular weight is 306 g/mol. The predicted octanol–water partition coefficient (Wildman–Crippen LogP) is 2.46. The van der Waals surface area contributed by atoms with Crippen LogP contribution in [0.1, 0.15) is 36.7 Å². The fourth-order valence-electron chi connectivity index (χ4n) is 2.55. The smallest absolute Gasteiger partial charge is 0.253 e. The molecule has 1 fully saturated rings. The second-order valence-electron chi connectivity index (χ2n) is 6.80. The number of hydrogen-bond donors (Lipinski definition) is 0. The molecule has 120 valence electrons. The Morgan fingerprint density at radius 2 is 1.59 bits per heavy atom. The number of aryl methyl sites for hydroxylation is 1. The fourth-order valence-corrected chi connectivity index (χ4v) is 2.55. The van der Waals surface area contributed by atoms with Crippen LogP contribution in [-0.4, -0.2) is 47.8 Å². The van der Waals surface area contributed by atoms with Crippen molar-refractivity contribution in [3.8, 4) is 0 Å². The Balaban J connectivity index is 2.01. The standard InChI is InChI=1S/C17H23FN2O2/c1-12-11-13(5-6-14(12)18)15(21)19-7-9-20(10-8-19)16(22)17(2,3)4/h5-6,11H,7-10H2,1-4H3. The van der Waals surface area contributed by atoms with Crippen molar-refractivity contribution in [2.24, 2.45) is 5.41 Å². The lowest BCUT2D eigenvalue weighted by molar-refractivity contribution is -0.140. The van der Waals surface area contributed by atoms with Gasteiger partial charge < -0.3 is 9.80 Å². The summed E-state index contributed by atoms with van der Waals surface area (Å²) in [6.07, 6.45) is 0. The van der Waals surface area contributed by atoms with Gasteiger partial charge in [-0.25, -0.2) is 4.39 Å². The molecule has 1 aliphatic heterocycles. The molecule has 1 heterocycles. The van der Waals surface area contributed by atoms with E-state index in [0.29, 0.717) is 37.3 Å². The molecule has 0 aromatic heterocycles. The highest BCUT2D eigenvalue weighted by molar-refractivity contribution is 5.94. The summed E-state index contributed by atoms with van der Waals surface area (Å²) in [6, 6.07) is 4.41. The van der Waals surface area contributed by atoms with E-state index in [1.54, 1.807) is 22.8 Å². The van der Waals surface area contributed by atoms with Crippen LogP contribution in [0.25, 0.3) is 0 Å². The number of halogens is 1. The molecule has 2 amide bonds. The molecule has 5 heteroatoms. The van der Waals surface area contributed by atoms with Gasteiger partial charge in [0.15, 0.2) is 0 Å². The van der Waals surface area contributed by atoms with Crippen molar-refractivity contribution in [2.75, 3.05) is 26.2 Å². The Hall–Kier alpha value is -1.91. The van der Waals surface area contributed by atoms with Gasteiger partial charge in [-0.05, 0) is 30.7 Å². The second kappa shape index (κ2) is 6.07. The normalized spacial score (nSPS) is 15.9. The van der Waals surface area contributed by atoms with Crippen molar-refractivity contribution in [3.05, 3.63) is 35.1 Å². The molecule has 0 radical (unpaired) electrons. The molecule has 0 bridgehead atoms. The van der Waals surface area contributed by atoms with Gasteiger partial charge in [0.25, 0.3) is 5.91 Å². The van der Waals surface area contributed by atoms with Crippen LogP contribution < -0.4 is 0 Å². The molecule has 1 saturated heterocycles. The first-order valence-electron chi connectivity index (χ1n) is 7.55. The summed E-state index contributed by atoms with van der Waals surface area (Å²) in [5.41, 5.74) is 0.558. The minimum atomic E-state index is -0.403. The number of hydrogen-bond acceptors (Lipinski definition) is 2. The van der Waals surface area contributed by atoms with Crippen LogP contribution in [0, 0.1) is 18.2 Å². The summed E-state index contributed by atoms with van der Waals surface area (Å²) in [6.45, 7) is 9.45. The summed E-state index contributed by atoms with van der Waals surface area (Å²) in [7, 11) is 0. The molecule has 0 unspecified atom stereocenters. The monoisotopic (exact) mass is 306 g/mol. The van der Waals surface area contributed by atoms with Crippen LogP contribution >= 0.6 is 0 Å². The highest BCUT2D eigenvalue weighted by atomic mass is 19.1. The highest BCUT2D eigenvalue weighted by Crippen LogP contribution is 2.19. The molecule has 2 rings (SSSR count). The molecule has 0 saturated carbocycles. The number of amides is 2. The third kappa shape index (κ3) is 3.46. The van der Waals surface area contributed by atoms with Gasteiger partial charge in [-0.3, -0.25) is 9.59 Å².